The fourth-order valence-electron chi connectivity index (χ4n) is 1.84. The molecule has 15 heavy (non-hydrogen) atoms. The molecule has 1 aromatic rings. The number of aliphatic hydroxyl groups is 1. The summed E-state index contributed by atoms with van der Waals surface area (Å²) in [6.07, 6.45) is 1.42. The molecule has 0 aromatic heterocycles. The summed E-state index contributed by atoms with van der Waals surface area (Å²) in [4.78, 5) is 2.17. The Kier molecular flexibility index (Phi) is 3.39. The molecule has 0 radical (unpaired) electrons. The molecule has 1 N–H and O–H groups in total. The quantitative estimate of drug-likeness (QED) is 0.823. The monoisotopic (exact) mass is 245 g/mol. The molecule has 1 heterocycles. The van der Waals surface area contributed by atoms with Gasteiger partial charge in [0.2, 0.25) is 0 Å². The second-order valence-electron chi connectivity index (χ2n) is 3.79. The van der Waals surface area contributed by atoms with Crippen LogP contribution in [0, 0.1) is 0 Å². The maximum Gasteiger partial charge on any atom is 0.0825 e. The summed E-state index contributed by atoms with van der Waals surface area (Å²) in [5, 5.41) is 10.6. The minimum absolute atomic E-state index is 0.167. The van der Waals surface area contributed by atoms with E-state index in [0.717, 1.165) is 31.6 Å². The van der Waals surface area contributed by atoms with Gasteiger partial charge in [-0.15, -0.1) is 0 Å². The van der Waals surface area contributed by atoms with Gasteiger partial charge in [0.25, 0.3) is 0 Å². The predicted octanol–water partition coefficient (Wildman–Crippen LogP) is 2.95. The van der Waals surface area contributed by atoms with Gasteiger partial charge in [-0.2, -0.15) is 0 Å². The maximum absolute atomic E-state index is 9.41. The number of halogens is 2. The lowest BCUT2D eigenvalue weighted by atomic mass is 10.1. The Morgan fingerprint density at radius 3 is 2.53 bits per heavy atom. The molecule has 1 aliphatic heterocycles. The first-order valence-corrected chi connectivity index (χ1v) is 5.81. The molecular weight excluding hydrogens is 233 g/mol. The Morgan fingerprint density at radius 2 is 1.87 bits per heavy atom. The van der Waals surface area contributed by atoms with E-state index in [1.807, 2.05) is 12.1 Å². The van der Waals surface area contributed by atoms with E-state index < -0.39 is 0 Å². The van der Waals surface area contributed by atoms with Crippen LogP contribution in [0.15, 0.2) is 18.2 Å². The van der Waals surface area contributed by atoms with Crippen molar-refractivity contribution in [2.45, 2.75) is 18.9 Å². The molecule has 0 bridgehead atoms. The van der Waals surface area contributed by atoms with Crippen LogP contribution < -0.4 is 4.90 Å². The molecular formula is C11H13Cl2NO. The van der Waals surface area contributed by atoms with Crippen molar-refractivity contribution in [1.82, 2.24) is 0 Å². The standard InChI is InChI=1S/C11H13Cl2NO/c12-9-2-1-3-10(11(9)13)14-6-4-8(15)5-7-14/h1-3,8,15H,4-7H2. The van der Waals surface area contributed by atoms with Gasteiger partial charge in [0.05, 0.1) is 21.8 Å². The van der Waals surface area contributed by atoms with Gasteiger partial charge >= 0.3 is 0 Å². The fourth-order valence-corrected chi connectivity index (χ4v) is 2.26. The minimum atomic E-state index is -0.167. The van der Waals surface area contributed by atoms with Crippen molar-refractivity contribution in [3.8, 4) is 0 Å². The highest BCUT2D eigenvalue weighted by Gasteiger charge is 2.19. The van der Waals surface area contributed by atoms with E-state index in [1.165, 1.54) is 0 Å². The molecule has 1 aliphatic rings. The van der Waals surface area contributed by atoms with Gasteiger partial charge in [-0.25, -0.2) is 0 Å². The Hall–Kier alpha value is -0.440. The van der Waals surface area contributed by atoms with Crippen molar-refractivity contribution in [3.63, 3.8) is 0 Å². The molecule has 0 aliphatic carbocycles. The van der Waals surface area contributed by atoms with Gasteiger partial charge in [0.1, 0.15) is 0 Å². The van der Waals surface area contributed by atoms with Crippen molar-refractivity contribution in [2.75, 3.05) is 18.0 Å². The van der Waals surface area contributed by atoms with Gasteiger partial charge in [-0.05, 0) is 25.0 Å². The SMILES string of the molecule is OC1CCN(c2cccc(Cl)c2Cl)CC1. The molecule has 82 valence electrons. The van der Waals surface area contributed by atoms with Gasteiger partial charge in [-0.3, -0.25) is 0 Å². The Bertz CT molecular complexity index is 348. The highest BCUT2D eigenvalue weighted by Crippen LogP contribution is 2.33. The molecule has 2 nitrogen and oxygen atoms in total. The number of piperidine rings is 1. The van der Waals surface area contributed by atoms with Gasteiger partial charge in [0.15, 0.2) is 0 Å². The number of aliphatic hydroxyl groups excluding tert-OH is 1. The molecule has 1 fully saturated rings. The van der Waals surface area contributed by atoms with Gasteiger partial charge in [-0.1, -0.05) is 29.3 Å². The number of hydrogen-bond donors (Lipinski definition) is 1. The van der Waals surface area contributed by atoms with Crippen LogP contribution in [0.2, 0.25) is 10.0 Å². The largest absolute Gasteiger partial charge is 0.393 e. The molecule has 0 spiro atoms. The average Bonchev–Trinajstić information content (AvgIpc) is 2.24. The number of benzene rings is 1. The minimum Gasteiger partial charge on any atom is -0.393 e. The summed E-state index contributed by atoms with van der Waals surface area (Å²) < 4.78 is 0. The summed E-state index contributed by atoms with van der Waals surface area (Å²) in [6, 6.07) is 5.65. The van der Waals surface area contributed by atoms with Gasteiger partial charge in [0, 0.05) is 13.1 Å². The van der Waals surface area contributed by atoms with Crippen LogP contribution in [-0.4, -0.2) is 24.3 Å². The lowest BCUT2D eigenvalue weighted by Crippen LogP contribution is -2.35. The number of anilines is 1. The smallest absolute Gasteiger partial charge is 0.0825 e. The second-order valence-corrected chi connectivity index (χ2v) is 4.58. The zero-order chi connectivity index (χ0) is 10.8. The molecule has 1 aromatic carbocycles. The van der Waals surface area contributed by atoms with E-state index in [4.69, 9.17) is 23.2 Å². The van der Waals surface area contributed by atoms with E-state index in [1.54, 1.807) is 6.07 Å². The fraction of sp³-hybridized carbons (Fsp3) is 0.455. The van der Waals surface area contributed by atoms with Crippen molar-refractivity contribution in [1.29, 1.82) is 0 Å². The first-order valence-electron chi connectivity index (χ1n) is 5.05. The summed E-state index contributed by atoms with van der Waals surface area (Å²) in [6.45, 7) is 1.67. The molecule has 0 unspecified atom stereocenters. The van der Waals surface area contributed by atoms with E-state index in [2.05, 4.69) is 4.90 Å². The van der Waals surface area contributed by atoms with Crippen LogP contribution >= 0.6 is 23.2 Å². The molecule has 0 saturated carbocycles. The topological polar surface area (TPSA) is 23.5 Å². The molecule has 4 heteroatoms. The Labute approximate surface area is 99.4 Å². The molecule has 0 amide bonds. The van der Waals surface area contributed by atoms with E-state index in [0.29, 0.717) is 10.0 Å². The lowest BCUT2D eigenvalue weighted by Gasteiger charge is -2.32. The normalized spacial score (nSPS) is 18.2. The summed E-state index contributed by atoms with van der Waals surface area (Å²) in [7, 11) is 0. The third kappa shape index (κ3) is 2.39. The molecule has 1 saturated heterocycles. The zero-order valence-electron chi connectivity index (χ0n) is 8.29. The van der Waals surface area contributed by atoms with Crippen LogP contribution in [0.1, 0.15) is 12.8 Å². The summed E-state index contributed by atoms with van der Waals surface area (Å²) >= 11 is 12.1. The van der Waals surface area contributed by atoms with Crippen LogP contribution in [0.25, 0.3) is 0 Å². The maximum atomic E-state index is 9.41. The first kappa shape index (κ1) is 11.1. The Balaban J connectivity index is 2.19. The van der Waals surface area contributed by atoms with E-state index in [-0.39, 0.29) is 6.10 Å². The van der Waals surface area contributed by atoms with Crippen molar-refractivity contribution in [2.24, 2.45) is 0 Å². The Morgan fingerprint density at radius 1 is 1.20 bits per heavy atom. The number of hydrogen-bond acceptors (Lipinski definition) is 2. The summed E-state index contributed by atoms with van der Waals surface area (Å²) in [5.74, 6) is 0. The third-order valence-electron chi connectivity index (χ3n) is 2.74. The van der Waals surface area contributed by atoms with Crippen LogP contribution in [0.5, 0.6) is 0 Å². The molecule has 2 rings (SSSR count). The van der Waals surface area contributed by atoms with E-state index >= 15 is 0 Å². The van der Waals surface area contributed by atoms with Crippen molar-refractivity contribution in [3.05, 3.63) is 28.2 Å². The zero-order valence-corrected chi connectivity index (χ0v) is 9.80. The predicted molar refractivity (Wildman–Crippen MR) is 63.9 cm³/mol. The van der Waals surface area contributed by atoms with Crippen LogP contribution in [-0.2, 0) is 0 Å². The van der Waals surface area contributed by atoms with E-state index in [9.17, 15) is 5.11 Å². The lowest BCUT2D eigenvalue weighted by molar-refractivity contribution is 0.145. The van der Waals surface area contributed by atoms with Crippen LogP contribution in [0.3, 0.4) is 0 Å². The van der Waals surface area contributed by atoms with Crippen LogP contribution in [0.4, 0.5) is 5.69 Å². The van der Waals surface area contributed by atoms with Crippen molar-refractivity contribution < 1.29 is 5.11 Å². The third-order valence-corrected chi connectivity index (χ3v) is 3.55. The first-order chi connectivity index (χ1) is 7.18. The highest BCUT2D eigenvalue weighted by molar-refractivity contribution is 6.43. The molecule has 0 atom stereocenters. The second kappa shape index (κ2) is 4.60. The highest BCUT2D eigenvalue weighted by atomic mass is 35.5. The number of nitrogens with zero attached hydrogens (tertiary/aromatic N) is 1. The van der Waals surface area contributed by atoms with Crippen molar-refractivity contribution >= 4 is 28.9 Å². The average molecular weight is 246 g/mol. The number of rotatable bonds is 1. The summed E-state index contributed by atoms with van der Waals surface area (Å²) in [5.41, 5.74) is 0.969. The van der Waals surface area contributed by atoms with Gasteiger partial charge < -0.3 is 10.0 Å².